The van der Waals surface area contributed by atoms with Crippen LogP contribution in [0.2, 0.25) is 0 Å². The Bertz CT molecular complexity index is 3710. The van der Waals surface area contributed by atoms with Crippen LogP contribution in [-0.4, -0.2) is 19.1 Å². The van der Waals surface area contributed by atoms with Crippen molar-refractivity contribution < 1.29 is 28.6 Å². The maximum absolute atomic E-state index is 8.55. The second-order valence-electron chi connectivity index (χ2n) is 19.4. The summed E-state index contributed by atoms with van der Waals surface area (Å²) in [6.45, 7) is 17.7. The summed E-state index contributed by atoms with van der Waals surface area (Å²) in [5, 5.41) is 1.59. The van der Waals surface area contributed by atoms with Crippen LogP contribution in [0.5, 0.6) is 0 Å². The minimum Gasteiger partial charge on any atom is -0.500 e. The molecular weight excluding hydrogens is 1030 g/mol. The number of aromatic nitrogens is 4. The first-order valence-corrected chi connectivity index (χ1v) is 24.3. The monoisotopic (exact) mass is 1100 g/mol. The molecule has 8 aromatic carbocycles. The van der Waals surface area contributed by atoms with Crippen molar-refractivity contribution in [3.8, 4) is 45.3 Å². The van der Waals surface area contributed by atoms with Crippen molar-refractivity contribution in [1.29, 1.82) is 0 Å². The Morgan fingerprint density at radius 1 is 0.514 bits per heavy atom. The standard InChI is InChI=1S/C39H35N2O.C25H25N2.Ir/c1-23(2)32-21-25(5)22-33(24(3)4)36(32)41-35-18-11-10-17-34(35)40-39(41)31-16-12-15-29-30-20-19-28(27-13-8-7-9-14-27)26(6)37(30)42-38(29)31;1-17(2)20-13-10-14-21(18(3)4)24(20)27-23-16-9-8-15-22(23)26-25(27)19-11-6-5-7-12-19;/h7-15,17-24H,1-6H3;5-11,13-18H,1-4H3;/q2*-1;/i6D3;;. The van der Waals surface area contributed by atoms with Crippen LogP contribution in [0.15, 0.2) is 162 Å². The first kappa shape index (κ1) is 44.4. The zero-order valence-electron chi connectivity index (χ0n) is 44.4. The summed E-state index contributed by atoms with van der Waals surface area (Å²) in [5.74, 6) is 3.06. The van der Waals surface area contributed by atoms with E-state index in [0.29, 0.717) is 40.0 Å². The summed E-state index contributed by atoms with van der Waals surface area (Å²) < 4.78 is 36.9. The molecule has 0 bridgehead atoms. The fourth-order valence-corrected chi connectivity index (χ4v) is 9.96. The average molecular weight is 1100 g/mol. The molecule has 0 saturated heterocycles. The van der Waals surface area contributed by atoms with E-state index < -0.39 is 6.85 Å². The van der Waals surface area contributed by atoms with Crippen LogP contribution >= 0.6 is 0 Å². The number of furan rings is 1. The molecule has 1 radical (unpaired) electrons. The van der Waals surface area contributed by atoms with E-state index in [-0.39, 0.29) is 37.5 Å². The molecule has 0 saturated carbocycles. The van der Waals surface area contributed by atoms with E-state index in [1.165, 1.54) is 33.5 Å². The van der Waals surface area contributed by atoms with Crippen molar-refractivity contribution in [1.82, 2.24) is 19.1 Å². The SMILES string of the molecule is CC(C)c1cccc(C(C)C)c1-n1c(-c2[c-]cccc2)nc2ccccc21.[2H]C([2H])([2H])c1c(-c2ccccc2)ccc2c1oc1c(-c3nc4ccccc4n3-c3c(C(C)C)cc(C)cc3C(C)C)[c-]ccc12.[Ir]. The van der Waals surface area contributed by atoms with Gasteiger partial charge in [0.15, 0.2) is 0 Å². The van der Waals surface area contributed by atoms with E-state index >= 15 is 0 Å². The number of aryl methyl sites for hydroxylation is 2. The van der Waals surface area contributed by atoms with E-state index in [9.17, 15) is 0 Å². The largest absolute Gasteiger partial charge is 0.500 e. The van der Waals surface area contributed by atoms with Crippen LogP contribution in [-0.2, 0) is 20.1 Å². The third-order valence-corrected chi connectivity index (χ3v) is 13.3. The van der Waals surface area contributed by atoms with Gasteiger partial charge in [-0.15, -0.1) is 54.1 Å². The Morgan fingerprint density at radius 3 is 1.64 bits per heavy atom. The zero-order valence-corrected chi connectivity index (χ0v) is 43.7. The molecule has 6 heteroatoms. The van der Waals surface area contributed by atoms with Gasteiger partial charge in [-0.05, 0) is 101 Å². The number of rotatable bonds is 9. The smallest absolute Gasteiger partial charge is 0.124 e. The third kappa shape index (κ3) is 8.63. The summed E-state index contributed by atoms with van der Waals surface area (Å²) in [6, 6.07) is 60.1. The number of fused-ring (bicyclic) bond motifs is 5. The molecule has 70 heavy (non-hydrogen) atoms. The van der Waals surface area contributed by atoms with Gasteiger partial charge in [-0.1, -0.05) is 169 Å². The second kappa shape index (κ2) is 19.9. The van der Waals surface area contributed by atoms with E-state index in [0.717, 1.165) is 55.5 Å². The molecule has 0 unspecified atom stereocenters. The van der Waals surface area contributed by atoms with Crippen LogP contribution in [0, 0.1) is 25.9 Å². The average Bonchev–Trinajstić information content (AvgIpc) is 4.07. The van der Waals surface area contributed by atoms with Gasteiger partial charge in [-0.2, -0.15) is 0 Å². The maximum Gasteiger partial charge on any atom is 0.124 e. The maximum atomic E-state index is 8.55. The molecule has 11 aromatic rings. The summed E-state index contributed by atoms with van der Waals surface area (Å²) in [5.41, 5.74) is 17.2. The molecule has 0 N–H and O–H groups in total. The summed E-state index contributed by atoms with van der Waals surface area (Å²) >= 11 is 0. The minimum atomic E-state index is -2.39. The third-order valence-electron chi connectivity index (χ3n) is 13.3. The van der Waals surface area contributed by atoms with Crippen LogP contribution in [0.25, 0.3) is 89.3 Å². The molecule has 0 atom stereocenters. The molecule has 3 aromatic heterocycles. The summed E-state index contributed by atoms with van der Waals surface area (Å²) in [6.07, 6.45) is 0. The Balaban J connectivity index is 0.000000200. The van der Waals surface area contributed by atoms with Crippen LogP contribution in [0.3, 0.4) is 0 Å². The molecule has 0 aliphatic rings. The van der Waals surface area contributed by atoms with Crippen molar-refractivity contribution in [2.24, 2.45) is 0 Å². The Hall–Kier alpha value is -6.85. The fourth-order valence-electron chi connectivity index (χ4n) is 9.96. The van der Waals surface area contributed by atoms with Gasteiger partial charge in [0.2, 0.25) is 0 Å². The number of hydrogen-bond acceptors (Lipinski definition) is 3. The Kier molecular flexibility index (Phi) is 12.6. The van der Waals surface area contributed by atoms with Crippen LogP contribution < -0.4 is 0 Å². The first-order valence-electron chi connectivity index (χ1n) is 25.8. The molecule has 0 aliphatic heterocycles. The van der Waals surface area contributed by atoms with E-state index in [1.54, 1.807) is 0 Å². The summed E-state index contributed by atoms with van der Waals surface area (Å²) in [4.78, 5) is 10.2. The van der Waals surface area contributed by atoms with Crippen LogP contribution in [0.1, 0.15) is 117 Å². The Morgan fingerprint density at radius 2 is 1.06 bits per heavy atom. The van der Waals surface area contributed by atoms with Gasteiger partial charge in [-0.25, -0.2) is 0 Å². The molecule has 3 heterocycles. The van der Waals surface area contributed by atoms with Gasteiger partial charge in [0, 0.05) is 41.0 Å². The van der Waals surface area contributed by atoms with E-state index in [4.69, 9.17) is 18.5 Å². The van der Waals surface area contributed by atoms with Gasteiger partial charge < -0.3 is 13.6 Å². The number of hydrogen-bond donors (Lipinski definition) is 0. The van der Waals surface area contributed by atoms with E-state index in [1.807, 2.05) is 91.0 Å². The first-order chi connectivity index (χ1) is 34.6. The van der Waals surface area contributed by atoms with Gasteiger partial charge in [0.1, 0.15) is 5.58 Å². The molecule has 0 amide bonds. The van der Waals surface area contributed by atoms with Crippen molar-refractivity contribution >= 4 is 44.0 Å². The topological polar surface area (TPSA) is 48.8 Å². The predicted octanol–water partition coefficient (Wildman–Crippen LogP) is 17.7. The molecule has 353 valence electrons. The number of nitrogens with zero attached hydrogens (tertiary/aromatic N) is 4. The predicted molar refractivity (Wildman–Crippen MR) is 289 cm³/mol. The molecule has 11 rings (SSSR count). The zero-order chi connectivity index (χ0) is 50.6. The van der Waals surface area contributed by atoms with Crippen LogP contribution in [0.4, 0.5) is 0 Å². The molecule has 5 nitrogen and oxygen atoms in total. The Labute approximate surface area is 430 Å². The molecule has 0 aliphatic carbocycles. The quantitative estimate of drug-likeness (QED) is 0.135. The minimum absolute atomic E-state index is 0. The van der Waals surface area contributed by atoms with E-state index in [2.05, 4.69) is 150 Å². The molecule has 0 spiro atoms. The van der Waals surface area contributed by atoms with Gasteiger partial charge >= 0.3 is 0 Å². The van der Waals surface area contributed by atoms with Gasteiger partial charge in [-0.3, -0.25) is 9.97 Å². The normalized spacial score (nSPS) is 12.5. The van der Waals surface area contributed by atoms with Gasteiger partial charge in [0.25, 0.3) is 0 Å². The molecule has 0 fully saturated rings. The second-order valence-corrected chi connectivity index (χ2v) is 19.4. The number of benzene rings is 8. The van der Waals surface area contributed by atoms with Crippen molar-refractivity contribution in [3.63, 3.8) is 0 Å². The van der Waals surface area contributed by atoms with Crippen molar-refractivity contribution in [2.45, 2.75) is 92.8 Å². The summed E-state index contributed by atoms with van der Waals surface area (Å²) in [7, 11) is 0. The van der Waals surface area contributed by atoms with Gasteiger partial charge in [0.05, 0.1) is 39.3 Å². The number of para-hydroxylation sites is 5. The number of imidazole rings is 2. The molecular formula is C64H60IrN4O-2. The van der Waals surface area contributed by atoms with Crippen molar-refractivity contribution in [3.05, 3.63) is 203 Å². The fraction of sp³-hybridized carbons (Fsp3) is 0.219. The van der Waals surface area contributed by atoms with Crippen molar-refractivity contribution in [2.75, 3.05) is 0 Å².